The number of nitrogens with one attached hydrogen (secondary N) is 1. The number of hydrogen-bond acceptors (Lipinski definition) is 4. The standard InChI is InChI=1S/C29H31ClN4OS/c1-20-12-13-25(24(30)18-20)31-28(35)21(2)36-29-32-26-10-3-4-11-27(26)34(29)23-9-7-8-22(19-23)14-17-33-15-5-6-16-33/h3-4,7-13,18-19,21H,5-6,14-17H2,1-2H3,(H,31,35). The lowest BCUT2D eigenvalue weighted by Gasteiger charge is -2.16. The highest BCUT2D eigenvalue weighted by Gasteiger charge is 2.21. The molecule has 7 heteroatoms. The van der Waals surface area contributed by atoms with Gasteiger partial charge in [0.05, 0.1) is 27.0 Å². The molecule has 0 radical (unpaired) electrons. The first-order chi connectivity index (χ1) is 17.5. The Morgan fingerprint density at radius 2 is 1.89 bits per heavy atom. The summed E-state index contributed by atoms with van der Waals surface area (Å²) in [5, 5.41) is 3.94. The van der Waals surface area contributed by atoms with E-state index in [1.807, 2.05) is 50.2 Å². The number of carbonyl (C=O) groups excluding carboxylic acids is 1. The maximum Gasteiger partial charge on any atom is 0.237 e. The van der Waals surface area contributed by atoms with Gasteiger partial charge in [-0.05, 0) is 93.7 Å². The van der Waals surface area contributed by atoms with Gasteiger partial charge in [-0.3, -0.25) is 9.36 Å². The van der Waals surface area contributed by atoms with Crippen molar-refractivity contribution in [2.45, 2.75) is 43.5 Å². The summed E-state index contributed by atoms with van der Waals surface area (Å²) in [6.45, 7) is 7.38. The summed E-state index contributed by atoms with van der Waals surface area (Å²) in [6.07, 6.45) is 3.64. The van der Waals surface area contributed by atoms with Crippen molar-refractivity contribution in [3.8, 4) is 5.69 Å². The second kappa shape index (κ2) is 11.1. The predicted octanol–water partition coefficient (Wildman–Crippen LogP) is 6.74. The van der Waals surface area contributed by atoms with Gasteiger partial charge in [-0.2, -0.15) is 0 Å². The molecular weight excluding hydrogens is 488 g/mol. The van der Waals surface area contributed by atoms with Crippen LogP contribution in [0.3, 0.4) is 0 Å². The van der Waals surface area contributed by atoms with Crippen LogP contribution in [0.15, 0.2) is 71.9 Å². The van der Waals surface area contributed by atoms with E-state index in [4.69, 9.17) is 16.6 Å². The Labute approximate surface area is 221 Å². The van der Waals surface area contributed by atoms with Crippen LogP contribution in [-0.2, 0) is 11.2 Å². The first-order valence-corrected chi connectivity index (χ1v) is 13.8. The normalized spacial score (nSPS) is 14.9. The molecular formula is C29H31ClN4OS. The van der Waals surface area contributed by atoms with Crippen LogP contribution in [0.1, 0.15) is 30.9 Å². The third-order valence-corrected chi connectivity index (χ3v) is 8.01. The Balaban J connectivity index is 1.39. The maximum atomic E-state index is 13.0. The second-order valence-electron chi connectivity index (χ2n) is 9.42. The van der Waals surface area contributed by atoms with E-state index in [2.05, 4.69) is 45.1 Å². The van der Waals surface area contributed by atoms with Gasteiger partial charge in [0.1, 0.15) is 0 Å². The van der Waals surface area contributed by atoms with Crippen molar-refractivity contribution in [1.82, 2.24) is 14.5 Å². The fourth-order valence-corrected chi connectivity index (χ4v) is 5.87. The van der Waals surface area contributed by atoms with Crippen molar-refractivity contribution in [3.63, 3.8) is 0 Å². The van der Waals surface area contributed by atoms with Gasteiger partial charge in [0.25, 0.3) is 0 Å². The van der Waals surface area contributed by atoms with E-state index in [1.54, 1.807) is 0 Å². The third kappa shape index (κ3) is 5.61. The number of nitrogens with zero attached hydrogens (tertiary/aromatic N) is 3. The van der Waals surface area contributed by atoms with Gasteiger partial charge in [-0.15, -0.1) is 0 Å². The van der Waals surface area contributed by atoms with Gasteiger partial charge >= 0.3 is 0 Å². The number of hydrogen-bond donors (Lipinski definition) is 1. The number of fused-ring (bicyclic) bond motifs is 1. The Morgan fingerprint density at radius 1 is 1.08 bits per heavy atom. The van der Waals surface area contributed by atoms with E-state index < -0.39 is 0 Å². The molecule has 0 aliphatic carbocycles. The van der Waals surface area contributed by atoms with Crippen molar-refractivity contribution >= 4 is 46.0 Å². The summed E-state index contributed by atoms with van der Waals surface area (Å²) in [6, 6.07) is 22.5. The van der Waals surface area contributed by atoms with Crippen LogP contribution in [0.25, 0.3) is 16.7 Å². The van der Waals surface area contributed by atoms with Crippen molar-refractivity contribution in [1.29, 1.82) is 0 Å². The number of halogens is 1. The Hall–Kier alpha value is -2.80. The largest absolute Gasteiger partial charge is 0.324 e. The topological polar surface area (TPSA) is 50.2 Å². The van der Waals surface area contributed by atoms with E-state index in [-0.39, 0.29) is 11.2 Å². The first-order valence-electron chi connectivity index (χ1n) is 12.5. The number of para-hydroxylation sites is 2. The number of carbonyl (C=O) groups is 1. The second-order valence-corrected chi connectivity index (χ2v) is 11.1. The first kappa shape index (κ1) is 24.9. The SMILES string of the molecule is Cc1ccc(NC(=O)C(C)Sc2nc3ccccc3n2-c2cccc(CCN3CCCC3)c2)c(Cl)c1. The van der Waals surface area contributed by atoms with Gasteiger partial charge in [0.2, 0.25) is 5.91 Å². The minimum absolute atomic E-state index is 0.108. The highest BCUT2D eigenvalue weighted by atomic mass is 35.5. The number of likely N-dealkylation sites (tertiary alicyclic amines) is 1. The molecule has 1 aliphatic rings. The highest BCUT2D eigenvalue weighted by Crippen LogP contribution is 2.32. The number of thioether (sulfide) groups is 1. The van der Waals surface area contributed by atoms with E-state index in [9.17, 15) is 4.79 Å². The summed E-state index contributed by atoms with van der Waals surface area (Å²) >= 11 is 7.79. The maximum absolute atomic E-state index is 13.0. The average molecular weight is 519 g/mol. The molecule has 186 valence electrons. The predicted molar refractivity (Wildman–Crippen MR) is 151 cm³/mol. The Morgan fingerprint density at radius 3 is 2.69 bits per heavy atom. The fraction of sp³-hybridized carbons (Fsp3) is 0.310. The van der Waals surface area contributed by atoms with Crippen LogP contribution in [-0.4, -0.2) is 45.2 Å². The van der Waals surface area contributed by atoms with Gasteiger partial charge < -0.3 is 10.2 Å². The molecule has 1 N–H and O–H groups in total. The van der Waals surface area contributed by atoms with E-state index in [0.29, 0.717) is 10.7 Å². The number of aryl methyl sites for hydroxylation is 1. The zero-order valence-electron chi connectivity index (χ0n) is 20.7. The van der Waals surface area contributed by atoms with Crippen LogP contribution >= 0.6 is 23.4 Å². The molecule has 5 nitrogen and oxygen atoms in total. The summed E-state index contributed by atoms with van der Waals surface area (Å²) in [7, 11) is 0. The van der Waals surface area contributed by atoms with Crippen LogP contribution in [0.2, 0.25) is 5.02 Å². The molecule has 1 atom stereocenters. The van der Waals surface area contributed by atoms with Gasteiger partial charge in [0.15, 0.2) is 5.16 Å². The Bertz CT molecular complexity index is 1380. The minimum Gasteiger partial charge on any atom is -0.324 e. The Kier molecular flexibility index (Phi) is 7.65. The van der Waals surface area contributed by atoms with Crippen molar-refractivity contribution in [2.24, 2.45) is 0 Å². The van der Waals surface area contributed by atoms with Gasteiger partial charge in [-0.25, -0.2) is 4.98 Å². The zero-order chi connectivity index (χ0) is 25.1. The number of rotatable bonds is 8. The molecule has 0 bridgehead atoms. The van der Waals surface area contributed by atoms with Crippen LogP contribution in [0, 0.1) is 6.92 Å². The molecule has 5 rings (SSSR count). The van der Waals surface area contributed by atoms with Crippen LogP contribution in [0.5, 0.6) is 0 Å². The summed E-state index contributed by atoms with van der Waals surface area (Å²) < 4.78 is 2.17. The molecule has 4 aromatic rings. The highest BCUT2D eigenvalue weighted by molar-refractivity contribution is 8.00. The number of imidazole rings is 1. The molecule has 1 fully saturated rings. The van der Waals surface area contributed by atoms with Crippen molar-refractivity contribution < 1.29 is 4.79 Å². The number of anilines is 1. The number of amides is 1. The van der Waals surface area contributed by atoms with Crippen LogP contribution in [0.4, 0.5) is 5.69 Å². The molecule has 0 saturated carbocycles. The quantitative estimate of drug-likeness (QED) is 0.262. The van der Waals surface area contributed by atoms with E-state index >= 15 is 0 Å². The average Bonchev–Trinajstić information content (AvgIpc) is 3.52. The monoisotopic (exact) mass is 518 g/mol. The molecule has 1 unspecified atom stereocenters. The lowest BCUT2D eigenvalue weighted by atomic mass is 10.1. The number of benzene rings is 3. The molecule has 1 saturated heterocycles. The fourth-order valence-electron chi connectivity index (χ4n) is 4.64. The molecule has 0 spiro atoms. The summed E-state index contributed by atoms with van der Waals surface area (Å²) in [5.74, 6) is -0.108. The third-order valence-electron chi connectivity index (χ3n) is 6.65. The smallest absolute Gasteiger partial charge is 0.237 e. The molecule has 1 amide bonds. The van der Waals surface area contributed by atoms with Crippen molar-refractivity contribution in [2.75, 3.05) is 25.0 Å². The van der Waals surface area contributed by atoms with E-state index in [1.165, 1.54) is 43.3 Å². The van der Waals surface area contributed by atoms with Gasteiger partial charge in [-0.1, -0.05) is 53.7 Å². The molecule has 3 aromatic carbocycles. The summed E-state index contributed by atoms with van der Waals surface area (Å²) in [4.78, 5) is 20.5. The summed E-state index contributed by atoms with van der Waals surface area (Å²) in [5.41, 5.74) is 6.01. The van der Waals surface area contributed by atoms with E-state index in [0.717, 1.165) is 40.4 Å². The molecule has 36 heavy (non-hydrogen) atoms. The van der Waals surface area contributed by atoms with Crippen LogP contribution < -0.4 is 5.32 Å². The van der Waals surface area contributed by atoms with Gasteiger partial charge in [0, 0.05) is 12.2 Å². The lowest BCUT2D eigenvalue weighted by molar-refractivity contribution is -0.115. The molecule has 2 heterocycles. The van der Waals surface area contributed by atoms with Crippen molar-refractivity contribution in [3.05, 3.63) is 82.9 Å². The number of aromatic nitrogens is 2. The molecule has 1 aromatic heterocycles. The zero-order valence-corrected chi connectivity index (χ0v) is 22.3. The molecule has 1 aliphatic heterocycles. The lowest BCUT2D eigenvalue weighted by Crippen LogP contribution is -2.23. The minimum atomic E-state index is -0.365.